The highest BCUT2D eigenvalue weighted by atomic mass is 19.1. The summed E-state index contributed by atoms with van der Waals surface area (Å²) in [7, 11) is 1.40. The first kappa shape index (κ1) is 17.4. The zero-order valence-electron chi connectivity index (χ0n) is 14.4. The topological polar surface area (TPSA) is 50.6 Å². The molecule has 1 aromatic carbocycles. The molecule has 1 aromatic heterocycles. The molecule has 3 rings (SSSR count). The number of carbonyl (C=O) groups excluding carboxylic acids is 1. The highest BCUT2D eigenvalue weighted by Crippen LogP contribution is 2.20. The maximum absolute atomic E-state index is 13.5. The van der Waals surface area contributed by atoms with Crippen LogP contribution in [-0.4, -0.2) is 65.1 Å². The molecule has 1 amide bonds. The standard InChI is InChI=1S/C18H23FN4O2/c1-25-17-13-15(3-4-16(17)19)18(24)23-7-2-6-21(11-12-23)9-10-22-8-5-20-14-22/h3-5,8,13-14H,2,6-7,9-12H2,1H3. The van der Waals surface area contributed by atoms with E-state index in [9.17, 15) is 9.18 Å². The van der Waals surface area contributed by atoms with Gasteiger partial charge in [0.25, 0.3) is 5.91 Å². The lowest BCUT2D eigenvalue weighted by molar-refractivity contribution is 0.0761. The van der Waals surface area contributed by atoms with Gasteiger partial charge in [0.1, 0.15) is 0 Å². The molecule has 0 spiro atoms. The molecule has 0 radical (unpaired) electrons. The molecule has 1 aliphatic rings. The number of benzene rings is 1. The number of amides is 1. The van der Waals surface area contributed by atoms with Crippen molar-refractivity contribution < 1.29 is 13.9 Å². The Labute approximate surface area is 146 Å². The van der Waals surface area contributed by atoms with Crippen LogP contribution in [0.3, 0.4) is 0 Å². The fraction of sp³-hybridized carbons (Fsp3) is 0.444. The number of nitrogens with zero attached hydrogens (tertiary/aromatic N) is 4. The Balaban J connectivity index is 1.57. The van der Waals surface area contributed by atoms with Crippen LogP contribution in [0.4, 0.5) is 4.39 Å². The molecule has 2 aromatic rings. The Bertz CT molecular complexity index is 705. The molecule has 1 saturated heterocycles. The summed E-state index contributed by atoms with van der Waals surface area (Å²) in [6, 6.07) is 4.27. The van der Waals surface area contributed by atoms with Crippen LogP contribution < -0.4 is 4.74 Å². The molecule has 1 fully saturated rings. The minimum absolute atomic E-state index is 0.0743. The van der Waals surface area contributed by atoms with E-state index in [1.165, 1.54) is 25.3 Å². The highest BCUT2D eigenvalue weighted by molar-refractivity contribution is 5.94. The van der Waals surface area contributed by atoms with Crippen LogP contribution in [-0.2, 0) is 6.54 Å². The largest absolute Gasteiger partial charge is 0.494 e. The van der Waals surface area contributed by atoms with Crippen molar-refractivity contribution in [3.63, 3.8) is 0 Å². The first-order valence-corrected chi connectivity index (χ1v) is 8.48. The molecular weight excluding hydrogens is 323 g/mol. The number of methoxy groups -OCH3 is 1. The second-order valence-corrected chi connectivity index (χ2v) is 6.14. The van der Waals surface area contributed by atoms with E-state index in [0.29, 0.717) is 18.7 Å². The molecule has 0 atom stereocenters. The van der Waals surface area contributed by atoms with Crippen LogP contribution in [0.15, 0.2) is 36.9 Å². The van der Waals surface area contributed by atoms with Gasteiger partial charge >= 0.3 is 0 Å². The van der Waals surface area contributed by atoms with Crippen LogP contribution in [0.5, 0.6) is 5.75 Å². The Kier molecular flexibility index (Phi) is 5.65. The summed E-state index contributed by atoms with van der Waals surface area (Å²) < 4.78 is 20.6. The lowest BCUT2D eigenvalue weighted by atomic mass is 10.1. The number of imidazole rings is 1. The maximum Gasteiger partial charge on any atom is 0.254 e. The predicted octanol–water partition coefficient (Wildman–Crippen LogP) is 1.88. The third-order valence-corrected chi connectivity index (χ3v) is 4.51. The molecule has 1 aliphatic heterocycles. The molecule has 134 valence electrons. The van der Waals surface area contributed by atoms with Crippen molar-refractivity contribution in [2.24, 2.45) is 0 Å². The van der Waals surface area contributed by atoms with Gasteiger partial charge < -0.3 is 14.2 Å². The van der Waals surface area contributed by atoms with Crippen LogP contribution in [0.1, 0.15) is 16.8 Å². The summed E-state index contributed by atoms with van der Waals surface area (Å²) in [5.41, 5.74) is 0.463. The van der Waals surface area contributed by atoms with Crippen molar-refractivity contribution in [2.75, 3.05) is 39.8 Å². The van der Waals surface area contributed by atoms with Gasteiger partial charge in [0.2, 0.25) is 0 Å². The number of halogens is 1. The van der Waals surface area contributed by atoms with Crippen LogP contribution in [0.2, 0.25) is 0 Å². The summed E-state index contributed by atoms with van der Waals surface area (Å²) in [6.07, 6.45) is 6.47. The lowest BCUT2D eigenvalue weighted by Gasteiger charge is -2.22. The van der Waals surface area contributed by atoms with Crippen molar-refractivity contribution in [3.05, 3.63) is 48.3 Å². The summed E-state index contributed by atoms with van der Waals surface area (Å²) in [4.78, 5) is 20.9. The Morgan fingerprint density at radius 1 is 1.24 bits per heavy atom. The van der Waals surface area contributed by atoms with Gasteiger partial charge in [-0.15, -0.1) is 0 Å². The van der Waals surface area contributed by atoms with Gasteiger partial charge in [-0.3, -0.25) is 9.69 Å². The number of rotatable bonds is 5. The van der Waals surface area contributed by atoms with Crippen molar-refractivity contribution in [2.45, 2.75) is 13.0 Å². The second kappa shape index (κ2) is 8.11. The highest BCUT2D eigenvalue weighted by Gasteiger charge is 2.21. The van der Waals surface area contributed by atoms with E-state index < -0.39 is 5.82 Å². The fourth-order valence-electron chi connectivity index (χ4n) is 3.05. The SMILES string of the molecule is COc1cc(C(=O)N2CCCN(CCn3ccnc3)CC2)ccc1F. The predicted molar refractivity (Wildman–Crippen MR) is 92.1 cm³/mol. The Morgan fingerprint density at radius 2 is 2.12 bits per heavy atom. The Hall–Kier alpha value is -2.41. The van der Waals surface area contributed by atoms with Gasteiger partial charge in [-0.2, -0.15) is 0 Å². The molecule has 25 heavy (non-hydrogen) atoms. The van der Waals surface area contributed by atoms with E-state index in [0.717, 1.165) is 32.6 Å². The average molecular weight is 346 g/mol. The molecule has 7 heteroatoms. The van der Waals surface area contributed by atoms with Gasteiger partial charge in [-0.05, 0) is 31.2 Å². The van der Waals surface area contributed by atoms with E-state index in [-0.39, 0.29) is 11.7 Å². The van der Waals surface area contributed by atoms with E-state index in [2.05, 4.69) is 14.5 Å². The van der Waals surface area contributed by atoms with E-state index in [1.807, 2.05) is 17.4 Å². The summed E-state index contributed by atoms with van der Waals surface area (Å²) in [5, 5.41) is 0. The third kappa shape index (κ3) is 4.36. The van der Waals surface area contributed by atoms with Crippen LogP contribution in [0.25, 0.3) is 0 Å². The fourth-order valence-corrected chi connectivity index (χ4v) is 3.05. The summed E-state index contributed by atoms with van der Waals surface area (Å²) >= 11 is 0. The molecule has 0 aliphatic carbocycles. The number of aromatic nitrogens is 2. The van der Waals surface area contributed by atoms with Crippen LogP contribution >= 0.6 is 0 Å². The first-order valence-electron chi connectivity index (χ1n) is 8.48. The van der Waals surface area contributed by atoms with Gasteiger partial charge in [0, 0.05) is 50.7 Å². The molecule has 6 nitrogen and oxygen atoms in total. The van der Waals surface area contributed by atoms with Gasteiger partial charge in [0.15, 0.2) is 11.6 Å². The van der Waals surface area contributed by atoms with Gasteiger partial charge in [0.05, 0.1) is 13.4 Å². The molecular formula is C18H23FN4O2. The molecule has 0 bridgehead atoms. The Morgan fingerprint density at radius 3 is 2.88 bits per heavy atom. The smallest absolute Gasteiger partial charge is 0.254 e. The second-order valence-electron chi connectivity index (χ2n) is 6.14. The van der Waals surface area contributed by atoms with E-state index in [4.69, 9.17) is 4.74 Å². The van der Waals surface area contributed by atoms with Crippen LogP contribution in [0, 0.1) is 5.82 Å². The first-order chi connectivity index (χ1) is 12.2. The minimum Gasteiger partial charge on any atom is -0.494 e. The normalized spacial score (nSPS) is 15.8. The quantitative estimate of drug-likeness (QED) is 0.829. The van der Waals surface area contributed by atoms with Gasteiger partial charge in [-0.25, -0.2) is 9.37 Å². The zero-order chi connectivity index (χ0) is 17.6. The van der Waals surface area contributed by atoms with E-state index in [1.54, 1.807) is 6.20 Å². The maximum atomic E-state index is 13.5. The van der Waals surface area contributed by atoms with Crippen molar-refractivity contribution in [1.82, 2.24) is 19.4 Å². The lowest BCUT2D eigenvalue weighted by Crippen LogP contribution is -2.36. The molecule has 0 N–H and O–H groups in total. The summed E-state index contributed by atoms with van der Waals surface area (Å²) in [5.74, 6) is -0.432. The number of carbonyl (C=O) groups is 1. The van der Waals surface area contributed by atoms with Crippen molar-refractivity contribution in [3.8, 4) is 5.75 Å². The molecule has 2 heterocycles. The number of hydrogen-bond donors (Lipinski definition) is 0. The van der Waals surface area contributed by atoms with E-state index >= 15 is 0 Å². The zero-order valence-corrected chi connectivity index (χ0v) is 14.4. The number of hydrogen-bond acceptors (Lipinski definition) is 4. The summed E-state index contributed by atoms with van der Waals surface area (Å²) in [6.45, 7) is 5.00. The average Bonchev–Trinajstić information content (AvgIpc) is 3.04. The van der Waals surface area contributed by atoms with Crippen molar-refractivity contribution in [1.29, 1.82) is 0 Å². The third-order valence-electron chi connectivity index (χ3n) is 4.51. The molecule has 0 unspecified atom stereocenters. The minimum atomic E-state index is -0.458. The van der Waals surface area contributed by atoms with Gasteiger partial charge in [-0.1, -0.05) is 0 Å². The van der Waals surface area contributed by atoms with Crippen molar-refractivity contribution >= 4 is 5.91 Å². The monoisotopic (exact) mass is 346 g/mol. The number of ether oxygens (including phenoxy) is 1. The molecule has 0 saturated carbocycles.